The average Bonchev–Trinajstić information content (AvgIpc) is 2.10. The van der Waals surface area contributed by atoms with Crippen molar-refractivity contribution in [3.05, 3.63) is 0 Å². The van der Waals surface area contributed by atoms with E-state index in [0.717, 1.165) is 0 Å². The third-order valence-corrected chi connectivity index (χ3v) is 1.27. The summed E-state index contributed by atoms with van der Waals surface area (Å²) in [5.74, 6) is -2.17. The summed E-state index contributed by atoms with van der Waals surface area (Å²) in [5.41, 5.74) is 5.21. The molecule has 7 nitrogen and oxygen atoms in total. The lowest BCUT2D eigenvalue weighted by molar-refractivity contribution is -0.137. The summed E-state index contributed by atoms with van der Waals surface area (Å²) in [6, 6.07) is -0.692. The van der Waals surface area contributed by atoms with Crippen molar-refractivity contribution in [3.63, 3.8) is 0 Å². The molecule has 0 radical (unpaired) electrons. The van der Waals surface area contributed by atoms with Crippen molar-refractivity contribution in [2.24, 2.45) is 5.73 Å². The number of amides is 2. The summed E-state index contributed by atoms with van der Waals surface area (Å²) in [6.07, 6.45) is 0. The quantitative estimate of drug-likeness (QED) is 0.301. The maximum absolute atomic E-state index is 10.9. The number of carboxylic acids is 1. The molecule has 0 aromatic carbocycles. The molecule has 1 atom stereocenters. The van der Waals surface area contributed by atoms with Gasteiger partial charge < -0.3 is 21.5 Å². The zero-order valence-electron chi connectivity index (χ0n) is 7.74. The predicted octanol–water partition coefficient (Wildman–Crippen LogP) is -2.35. The Morgan fingerprint density at radius 3 is 2.29 bits per heavy atom. The number of nitrogens with one attached hydrogen (secondary N) is 2. The van der Waals surface area contributed by atoms with Gasteiger partial charge in [-0.25, -0.2) is 0 Å². The van der Waals surface area contributed by atoms with E-state index in [9.17, 15) is 14.4 Å². The van der Waals surface area contributed by atoms with Gasteiger partial charge in [-0.2, -0.15) is 0 Å². The molecule has 0 saturated heterocycles. The van der Waals surface area contributed by atoms with Gasteiger partial charge in [-0.3, -0.25) is 14.4 Å². The molecule has 0 aliphatic rings. The minimum Gasteiger partial charge on any atom is -0.480 e. The SMILES string of the molecule is [13CH3][13C@H]([15NH2])[13C](=O)[15NH][13CH2][13C](=O)[15NH][13CH2][13C](=O)O. The third-order valence-electron chi connectivity index (χ3n) is 1.27. The Morgan fingerprint density at radius 1 is 1.29 bits per heavy atom. The lowest BCUT2D eigenvalue weighted by Gasteiger charge is -2.06. The number of carbonyl (C=O) groups is 3. The second-order valence-corrected chi connectivity index (χ2v) is 2.68. The molecule has 80 valence electrons. The number of nitrogens with two attached hydrogens (primary N) is 1. The average molecular weight is 213 g/mol. The fraction of sp³-hybridized carbons (Fsp3) is 0.571. The van der Waals surface area contributed by atoms with Crippen molar-refractivity contribution in [1.82, 2.24) is 10.6 Å². The summed E-state index contributed by atoms with van der Waals surface area (Å²) >= 11 is 0. The van der Waals surface area contributed by atoms with E-state index in [1.165, 1.54) is 6.92 Å². The van der Waals surface area contributed by atoms with Crippen LogP contribution < -0.4 is 16.4 Å². The Bertz CT molecular complexity index is 239. The van der Waals surface area contributed by atoms with Crippen LogP contribution in [0, 0.1) is 0 Å². The van der Waals surface area contributed by atoms with Crippen LogP contribution in [0.5, 0.6) is 0 Å². The maximum Gasteiger partial charge on any atom is 0.322 e. The standard InChI is InChI=1S/C7H13N3O4/c1-4(8)7(14)10-2-5(11)9-3-6(12)13/h4H,2-3,8H2,1H3,(H,9,11)(H,10,14)(H,12,13)/t4-/m0/s1/i1+1,2+1,3+1,4+1,5+1,6+1,7+1,8+1,9+1,10+1. The lowest BCUT2D eigenvalue weighted by Crippen LogP contribution is -2.44. The summed E-state index contributed by atoms with van der Waals surface area (Å²) in [7, 11) is 0. The molecule has 0 rings (SSSR count). The number of carboxylic acid groups (broad SMARTS) is 1. The fourth-order valence-electron chi connectivity index (χ4n) is 0.565. The largest absolute Gasteiger partial charge is 0.480 e. The highest BCUT2D eigenvalue weighted by molar-refractivity contribution is 5.88. The number of hydrogen-bond acceptors (Lipinski definition) is 4. The van der Waals surface area contributed by atoms with Crippen LogP contribution in [0.15, 0.2) is 0 Å². The van der Waals surface area contributed by atoms with Crippen LogP contribution in [0.4, 0.5) is 0 Å². The molecule has 0 unspecified atom stereocenters. The molecule has 5 N–H and O–H groups in total. The Morgan fingerprint density at radius 2 is 1.86 bits per heavy atom. The first-order chi connectivity index (χ1) is 6.43. The first-order valence-corrected chi connectivity index (χ1v) is 3.95. The van der Waals surface area contributed by atoms with Crippen molar-refractivity contribution in [3.8, 4) is 0 Å². The van der Waals surface area contributed by atoms with Gasteiger partial charge >= 0.3 is 5.97 Å². The van der Waals surface area contributed by atoms with Gasteiger partial charge in [0.05, 0.1) is 12.6 Å². The molecule has 0 heterocycles. The maximum atomic E-state index is 10.9. The normalized spacial score (nSPS) is 11.6. The smallest absolute Gasteiger partial charge is 0.322 e. The van der Waals surface area contributed by atoms with Gasteiger partial charge in [0.1, 0.15) is 6.54 Å². The lowest BCUT2D eigenvalue weighted by atomic mass is 11.3. The molecule has 0 aliphatic heterocycles. The van der Waals surface area contributed by atoms with Gasteiger partial charge in [0, 0.05) is 0 Å². The van der Waals surface area contributed by atoms with E-state index >= 15 is 0 Å². The summed E-state index contributed by atoms with van der Waals surface area (Å²) in [4.78, 5) is 31.7. The summed E-state index contributed by atoms with van der Waals surface area (Å²) < 4.78 is 0. The van der Waals surface area contributed by atoms with E-state index in [0.29, 0.717) is 0 Å². The molecule has 0 fully saturated rings. The molecule has 2 amide bonds. The van der Waals surface area contributed by atoms with Crippen molar-refractivity contribution < 1.29 is 19.5 Å². The van der Waals surface area contributed by atoms with E-state index in [1.807, 2.05) is 0 Å². The van der Waals surface area contributed by atoms with E-state index in [1.54, 1.807) is 0 Å². The predicted molar refractivity (Wildman–Crippen MR) is 47.3 cm³/mol. The summed E-state index contributed by atoms with van der Waals surface area (Å²) in [5, 5.41) is 12.5. The molecule has 0 aromatic rings. The van der Waals surface area contributed by atoms with Crippen LogP contribution in [0.25, 0.3) is 0 Å². The van der Waals surface area contributed by atoms with E-state index in [4.69, 9.17) is 10.8 Å². The number of rotatable bonds is 5. The highest BCUT2D eigenvalue weighted by Gasteiger charge is 2.09. The second kappa shape index (κ2) is 5.92. The fourth-order valence-corrected chi connectivity index (χ4v) is 0.565. The highest BCUT2D eigenvalue weighted by Crippen LogP contribution is 1.74. The number of aliphatic carboxylic acids is 1. The summed E-state index contributed by atoms with van der Waals surface area (Å²) in [6.45, 7) is 0.741. The third kappa shape index (κ3) is 5.95. The molecule has 7 heteroatoms. The Kier molecular flexibility index (Phi) is 5.23. The first-order valence-electron chi connectivity index (χ1n) is 3.95. The topological polar surface area (TPSA) is 122 Å². The number of hydrogen-bond donors (Lipinski definition) is 4. The Labute approximate surface area is 80.6 Å². The minimum absolute atomic E-state index is 0.270. The van der Waals surface area contributed by atoms with E-state index in [-0.39, 0.29) is 6.54 Å². The first kappa shape index (κ1) is 12.4. The minimum atomic E-state index is -1.14. The van der Waals surface area contributed by atoms with Gasteiger partial charge in [0.2, 0.25) is 11.8 Å². The van der Waals surface area contributed by atoms with E-state index < -0.39 is 30.4 Å². The van der Waals surface area contributed by atoms with Crippen molar-refractivity contribution >= 4 is 17.8 Å². The molecular weight excluding hydrogens is 200 g/mol. The van der Waals surface area contributed by atoms with E-state index in [2.05, 4.69) is 10.6 Å². The van der Waals surface area contributed by atoms with Crippen LogP contribution >= 0.6 is 0 Å². The Balaban J connectivity index is 3.64. The molecule has 0 saturated carbocycles. The molecule has 14 heavy (non-hydrogen) atoms. The van der Waals surface area contributed by atoms with Gasteiger partial charge in [0.25, 0.3) is 0 Å². The monoisotopic (exact) mass is 213 g/mol. The van der Waals surface area contributed by atoms with Gasteiger partial charge in [-0.1, -0.05) is 0 Å². The van der Waals surface area contributed by atoms with Gasteiger partial charge in [-0.05, 0) is 6.92 Å². The zero-order chi connectivity index (χ0) is 11.1. The van der Waals surface area contributed by atoms with Crippen LogP contribution in [0.2, 0.25) is 0 Å². The molecule has 0 aliphatic carbocycles. The highest BCUT2D eigenvalue weighted by atomic mass is 16.5. The molecule has 0 spiro atoms. The second-order valence-electron chi connectivity index (χ2n) is 2.68. The molecule has 0 bridgehead atoms. The van der Waals surface area contributed by atoms with Gasteiger partial charge in [0.15, 0.2) is 0 Å². The molecular formula is C7H13N3O4. The Hall–Kier alpha value is -1.63. The number of carbonyl (C=O) groups excluding carboxylic acids is 2. The van der Waals surface area contributed by atoms with Crippen molar-refractivity contribution in [2.45, 2.75) is 13.0 Å². The van der Waals surface area contributed by atoms with Crippen molar-refractivity contribution in [2.75, 3.05) is 13.1 Å². The van der Waals surface area contributed by atoms with Crippen LogP contribution in [0.3, 0.4) is 0 Å². The van der Waals surface area contributed by atoms with Crippen molar-refractivity contribution in [1.29, 1.82) is 0 Å². The van der Waals surface area contributed by atoms with Gasteiger partial charge in [-0.15, -0.1) is 0 Å². The van der Waals surface area contributed by atoms with Crippen LogP contribution in [0.1, 0.15) is 6.92 Å². The zero-order valence-corrected chi connectivity index (χ0v) is 7.74. The van der Waals surface area contributed by atoms with Crippen LogP contribution in [-0.4, -0.2) is 42.0 Å². The van der Waals surface area contributed by atoms with Crippen LogP contribution in [-0.2, 0) is 14.4 Å². The molecule has 0 aromatic heterocycles.